The molecule has 1 N–H and O–H groups in total. The summed E-state index contributed by atoms with van der Waals surface area (Å²) in [6.07, 6.45) is 1.15. The lowest BCUT2D eigenvalue weighted by Crippen LogP contribution is -2.32. The van der Waals surface area contributed by atoms with Crippen LogP contribution in [0.1, 0.15) is 31.4 Å². The van der Waals surface area contributed by atoms with Gasteiger partial charge in [0.1, 0.15) is 30.8 Å². The van der Waals surface area contributed by atoms with Crippen LogP contribution in [-0.4, -0.2) is 44.3 Å². The molecule has 1 fully saturated rings. The van der Waals surface area contributed by atoms with Crippen molar-refractivity contribution in [3.63, 3.8) is 0 Å². The van der Waals surface area contributed by atoms with Crippen LogP contribution < -0.4 is 29.2 Å². The SMILES string of the molecule is CCOc1cc2c(cc1CNC(=O)[C@H]1CC(=O)N(c3ccc4c(c3)OCCO4)C1)O[C@H](C)C2. The number of carbonyl (C=O) groups excluding carboxylic acids is 2. The van der Waals surface area contributed by atoms with Gasteiger partial charge in [-0.05, 0) is 38.1 Å². The average Bonchev–Trinajstić information content (AvgIpc) is 3.38. The van der Waals surface area contributed by atoms with Crippen LogP contribution in [0.4, 0.5) is 5.69 Å². The molecule has 3 heterocycles. The highest BCUT2D eigenvalue weighted by Crippen LogP contribution is 2.37. The number of hydrogen-bond donors (Lipinski definition) is 1. The number of rotatable bonds is 6. The molecule has 8 nitrogen and oxygen atoms in total. The molecule has 2 aromatic rings. The zero-order valence-electron chi connectivity index (χ0n) is 18.9. The lowest BCUT2D eigenvalue weighted by atomic mass is 10.1. The number of ether oxygens (including phenoxy) is 4. The molecule has 0 aromatic heterocycles. The van der Waals surface area contributed by atoms with Crippen molar-refractivity contribution in [2.75, 3.05) is 31.3 Å². The van der Waals surface area contributed by atoms with E-state index in [1.54, 1.807) is 17.0 Å². The molecule has 2 amide bonds. The number of nitrogens with zero attached hydrogens (tertiary/aromatic N) is 1. The first-order valence-corrected chi connectivity index (χ1v) is 11.4. The predicted molar refractivity (Wildman–Crippen MR) is 121 cm³/mol. The van der Waals surface area contributed by atoms with Crippen molar-refractivity contribution in [3.05, 3.63) is 41.5 Å². The summed E-state index contributed by atoms with van der Waals surface area (Å²) < 4.78 is 22.8. The van der Waals surface area contributed by atoms with E-state index in [1.807, 2.05) is 32.0 Å². The van der Waals surface area contributed by atoms with E-state index in [1.165, 1.54) is 0 Å². The van der Waals surface area contributed by atoms with Crippen LogP contribution in [-0.2, 0) is 22.6 Å². The van der Waals surface area contributed by atoms with E-state index in [9.17, 15) is 9.59 Å². The molecule has 174 valence electrons. The molecule has 0 unspecified atom stereocenters. The first-order valence-electron chi connectivity index (χ1n) is 11.4. The standard InChI is InChI=1S/C25H28N2O6/c1-3-30-21-9-16-8-15(2)33-22(16)10-17(21)13-26-25(29)18-11-24(28)27(14-18)19-4-5-20-23(12-19)32-7-6-31-20/h4-5,9-10,12,15,18H,3,6-8,11,13-14H2,1-2H3,(H,26,29)/t15-,18+/m1/s1. The Hall–Kier alpha value is -3.42. The summed E-state index contributed by atoms with van der Waals surface area (Å²) in [5.74, 6) is 2.24. The second-order valence-electron chi connectivity index (χ2n) is 8.58. The van der Waals surface area contributed by atoms with Gasteiger partial charge in [0.25, 0.3) is 0 Å². The molecule has 3 aliphatic rings. The lowest BCUT2D eigenvalue weighted by molar-refractivity contribution is -0.126. The second-order valence-corrected chi connectivity index (χ2v) is 8.58. The Morgan fingerprint density at radius 3 is 2.76 bits per heavy atom. The number of hydrogen-bond acceptors (Lipinski definition) is 6. The number of carbonyl (C=O) groups is 2. The van der Waals surface area contributed by atoms with Crippen LogP contribution in [0.25, 0.3) is 0 Å². The van der Waals surface area contributed by atoms with Gasteiger partial charge >= 0.3 is 0 Å². The van der Waals surface area contributed by atoms with E-state index < -0.39 is 5.92 Å². The van der Waals surface area contributed by atoms with Crippen molar-refractivity contribution in [1.82, 2.24) is 5.32 Å². The van der Waals surface area contributed by atoms with E-state index in [0.29, 0.717) is 50.1 Å². The van der Waals surface area contributed by atoms with Crippen LogP contribution in [0, 0.1) is 5.92 Å². The molecule has 2 aromatic carbocycles. The number of benzene rings is 2. The van der Waals surface area contributed by atoms with Gasteiger partial charge in [-0.2, -0.15) is 0 Å². The normalized spacial score (nSPS) is 20.9. The van der Waals surface area contributed by atoms with Gasteiger partial charge in [0, 0.05) is 48.8 Å². The van der Waals surface area contributed by atoms with E-state index in [2.05, 4.69) is 5.32 Å². The van der Waals surface area contributed by atoms with Crippen molar-refractivity contribution < 1.29 is 28.5 Å². The molecule has 0 saturated carbocycles. The maximum atomic E-state index is 12.9. The summed E-state index contributed by atoms with van der Waals surface area (Å²) in [7, 11) is 0. The van der Waals surface area contributed by atoms with Gasteiger partial charge in [-0.3, -0.25) is 9.59 Å². The van der Waals surface area contributed by atoms with Gasteiger partial charge in [0.2, 0.25) is 11.8 Å². The first kappa shape index (κ1) is 21.4. The molecule has 33 heavy (non-hydrogen) atoms. The van der Waals surface area contributed by atoms with Crippen LogP contribution >= 0.6 is 0 Å². The molecular weight excluding hydrogens is 424 g/mol. The minimum absolute atomic E-state index is 0.0817. The van der Waals surface area contributed by atoms with Gasteiger partial charge in [-0.15, -0.1) is 0 Å². The van der Waals surface area contributed by atoms with E-state index in [4.69, 9.17) is 18.9 Å². The topological polar surface area (TPSA) is 86.3 Å². The number of anilines is 1. The second kappa shape index (κ2) is 8.84. The van der Waals surface area contributed by atoms with E-state index in [0.717, 1.165) is 29.0 Å². The third-order valence-corrected chi connectivity index (χ3v) is 6.17. The largest absolute Gasteiger partial charge is 0.494 e. The summed E-state index contributed by atoms with van der Waals surface area (Å²) in [6.45, 7) is 6.14. The maximum Gasteiger partial charge on any atom is 0.227 e. The first-order chi connectivity index (χ1) is 16.0. The fraction of sp³-hybridized carbons (Fsp3) is 0.440. The number of fused-ring (bicyclic) bond motifs is 2. The summed E-state index contributed by atoms with van der Waals surface area (Å²) in [6, 6.07) is 9.38. The van der Waals surface area contributed by atoms with Crippen LogP contribution in [0.2, 0.25) is 0 Å². The molecule has 2 atom stereocenters. The fourth-order valence-electron chi connectivity index (χ4n) is 4.57. The monoisotopic (exact) mass is 452 g/mol. The molecule has 0 radical (unpaired) electrons. The Morgan fingerprint density at radius 1 is 1.12 bits per heavy atom. The minimum atomic E-state index is -0.424. The summed E-state index contributed by atoms with van der Waals surface area (Å²) >= 11 is 0. The third-order valence-electron chi connectivity index (χ3n) is 6.17. The summed E-state index contributed by atoms with van der Waals surface area (Å²) in [5, 5.41) is 2.99. The van der Waals surface area contributed by atoms with Gasteiger partial charge in [0.05, 0.1) is 12.5 Å². The smallest absolute Gasteiger partial charge is 0.227 e. The van der Waals surface area contributed by atoms with Crippen molar-refractivity contribution in [2.24, 2.45) is 5.92 Å². The fourth-order valence-corrected chi connectivity index (χ4v) is 4.57. The van der Waals surface area contributed by atoms with Crippen LogP contribution in [0.5, 0.6) is 23.0 Å². The highest BCUT2D eigenvalue weighted by molar-refractivity contribution is 6.00. The summed E-state index contributed by atoms with van der Waals surface area (Å²) in [4.78, 5) is 27.2. The molecule has 0 bridgehead atoms. The molecule has 8 heteroatoms. The van der Waals surface area contributed by atoms with Crippen molar-refractivity contribution in [1.29, 1.82) is 0 Å². The van der Waals surface area contributed by atoms with Crippen molar-refractivity contribution in [3.8, 4) is 23.0 Å². The zero-order chi connectivity index (χ0) is 22.9. The minimum Gasteiger partial charge on any atom is -0.494 e. The quantitative estimate of drug-likeness (QED) is 0.726. The number of nitrogens with one attached hydrogen (secondary N) is 1. The number of amides is 2. The Bertz CT molecular complexity index is 1080. The highest BCUT2D eigenvalue weighted by atomic mass is 16.6. The Balaban J connectivity index is 1.25. The van der Waals surface area contributed by atoms with Crippen molar-refractivity contribution >= 4 is 17.5 Å². The predicted octanol–water partition coefficient (Wildman–Crippen LogP) is 2.85. The van der Waals surface area contributed by atoms with Crippen LogP contribution in [0.15, 0.2) is 30.3 Å². The molecule has 1 saturated heterocycles. The van der Waals surface area contributed by atoms with Gasteiger partial charge < -0.3 is 29.2 Å². The van der Waals surface area contributed by atoms with Crippen molar-refractivity contribution in [2.45, 2.75) is 39.3 Å². The highest BCUT2D eigenvalue weighted by Gasteiger charge is 2.35. The van der Waals surface area contributed by atoms with Gasteiger partial charge in [-0.25, -0.2) is 0 Å². The summed E-state index contributed by atoms with van der Waals surface area (Å²) in [5.41, 5.74) is 2.70. The van der Waals surface area contributed by atoms with Crippen LogP contribution in [0.3, 0.4) is 0 Å². The van der Waals surface area contributed by atoms with E-state index >= 15 is 0 Å². The lowest BCUT2D eigenvalue weighted by Gasteiger charge is -2.22. The Labute approximate surface area is 192 Å². The Kier molecular flexibility index (Phi) is 5.74. The van der Waals surface area contributed by atoms with E-state index in [-0.39, 0.29) is 24.3 Å². The van der Waals surface area contributed by atoms with Gasteiger partial charge in [0.15, 0.2) is 11.5 Å². The molecular formula is C25H28N2O6. The molecule has 5 rings (SSSR count). The average molecular weight is 453 g/mol. The zero-order valence-corrected chi connectivity index (χ0v) is 18.9. The van der Waals surface area contributed by atoms with Gasteiger partial charge in [-0.1, -0.05) is 0 Å². The maximum absolute atomic E-state index is 12.9. The molecule has 0 spiro atoms. The Morgan fingerprint density at radius 2 is 1.94 bits per heavy atom. The molecule has 0 aliphatic carbocycles. The molecule has 3 aliphatic heterocycles. The third kappa shape index (κ3) is 4.29.